The van der Waals surface area contributed by atoms with Gasteiger partial charge in [0.05, 0.1) is 12.2 Å². The quantitative estimate of drug-likeness (QED) is 0.215. The second-order valence-corrected chi connectivity index (χ2v) is 14.2. The third kappa shape index (κ3) is 9.68. The van der Waals surface area contributed by atoms with Crippen molar-refractivity contribution in [3.8, 4) is 0 Å². The fourth-order valence-corrected chi connectivity index (χ4v) is 4.48. The van der Waals surface area contributed by atoms with Gasteiger partial charge in [0, 0.05) is 13.2 Å². The van der Waals surface area contributed by atoms with Crippen molar-refractivity contribution >= 4 is 8.32 Å². The van der Waals surface area contributed by atoms with E-state index in [0.29, 0.717) is 18.8 Å². The Hall–Kier alpha value is -0.163. The van der Waals surface area contributed by atoms with Crippen LogP contribution in [0.15, 0.2) is 12.7 Å². The lowest BCUT2D eigenvalue weighted by molar-refractivity contribution is -0.000473. The molecule has 0 aliphatic heterocycles. The summed E-state index contributed by atoms with van der Waals surface area (Å²) in [5.74, 6) is 0.508. The summed E-state index contributed by atoms with van der Waals surface area (Å²) in [6.07, 6.45) is 8.69. The van der Waals surface area contributed by atoms with Gasteiger partial charge in [0.25, 0.3) is 0 Å². The first-order valence-electron chi connectivity index (χ1n) is 10.5. The first-order valence-corrected chi connectivity index (χ1v) is 13.4. The maximum atomic E-state index is 10.3. The summed E-state index contributed by atoms with van der Waals surface area (Å²) in [5.41, 5.74) is 0. The molecule has 0 aromatic rings. The van der Waals surface area contributed by atoms with E-state index >= 15 is 0 Å². The first kappa shape index (κ1) is 25.8. The molecule has 0 spiro atoms. The summed E-state index contributed by atoms with van der Waals surface area (Å²) < 4.78 is 12.5. The number of hydrogen-bond donors (Lipinski definition) is 1. The predicted octanol–water partition coefficient (Wildman–Crippen LogP) is 6.33. The van der Waals surface area contributed by atoms with E-state index in [1.807, 2.05) is 7.11 Å². The molecule has 0 radical (unpaired) electrons. The van der Waals surface area contributed by atoms with Gasteiger partial charge in [0.15, 0.2) is 8.32 Å². The van der Waals surface area contributed by atoms with Crippen molar-refractivity contribution in [3.63, 3.8) is 0 Å². The van der Waals surface area contributed by atoms with E-state index in [-0.39, 0.29) is 17.2 Å². The van der Waals surface area contributed by atoms with Crippen LogP contribution in [0.4, 0.5) is 0 Å². The highest BCUT2D eigenvalue weighted by Crippen LogP contribution is 2.38. The minimum atomic E-state index is -1.90. The molecule has 0 fully saturated rings. The van der Waals surface area contributed by atoms with Crippen molar-refractivity contribution < 1.29 is 14.3 Å². The van der Waals surface area contributed by atoms with Gasteiger partial charge in [-0.1, -0.05) is 60.0 Å². The highest BCUT2D eigenvalue weighted by Gasteiger charge is 2.40. The highest BCUT2D eigenvalue weighted by atomic mass is 28.4. The number of aliphatic hydroxyl groups is 1. The third-order valence-electron chi connectivity index (χ3n) is 5.94. The van der Waals surface area contributed by atoms with Crippen molar-refractivity contribution in [1.29, 1.82) is 0 Å². The number of hydrogen-bond acceptors (Lipinski definition) is 3. The van der Waals surface area contributed by atoms with E-state index in [0.717, 1.165) is 6.42 Å². The molecule has 26 heavy (non-hydrogen) atoms. The van der Waals surface area contributed by atoms with Gasteiger partial charge in [0.2, 0.25) is 0 Å². The van der Waals surface area contributed by atoms with Crippen LogP contribution in [0.25, 0.3) is 0 Å². The molecule has 156 valence electrons. The Balaban J connectivity index is 5.09. The average molecular weight is 387 g/mol. The molecule has 0 heterocycles. The van der Waals surface area contributed by atoms with Gasteiger partial charge in [-0.3, -0.25) is 0 Å². The zero-order valence-electron chi connectivity index (χ0n) is 18.8. The van der Waals surface area contributed by atoms with Crippen LogP contribution in [0.3, 0.4) is 0 Å². The van der Waals surface area contributed by atoms with Gasteiger partial charge in [-0.2, -0.15) is 0 Å². The summed E-state index contributed by atoms with van der Waals surface area (Å²) in [5, 5.41) is 10.5. The molecule has 0 amide bonds. The molecule has 0 aromatic carbocycles. The predicted molar refractivity (Wildman–Crippen MR) is 116 cm³/mol. The fraction of sp³-hybridized carbons (Fsp3) is 0.909. The smallest absolute Gasteiger partial charge is 0.192 e. The van der Waals surface area contributed by atoms with Crippen molar-refractivity contribution in [2.45, 2.75) is 116 Å². The molecule has 4 atom stereocenters. The van der Waals surface area contributed by atoms with Crippen LogP contribution in [0.5, 0.6) is 0 Å². The van der Waals surface area contributed by atoms with Crippen LogP contribution in [0, 0.1) is 5.92 Å². The summed E-state index contributed by atoms with van der Waals surface area (Å²) in [4.78, 5) is 0. The number of ether oxygens (including phenoxy) is 1. The van der Waals surface area contributed by atoms with Crippen molar-refractivity contribution in [2.75, 3.05) is 7.11 Å². The summed E-state index contributed by atoms with van der Waals surface area (Å²) >= 11 is 0. The molecule has 1 N–H and O–H groups in total. The average Bonchev–Trinajstić information content (AvgIpc) is 2.51. The molecular formula is C22H46O3Si. The van der Waals surface area contributed by atoms with E-state index in [1.54, 1.807) is 6.08 Å². The lowest BCUT2D eigenvalue weighted by Gasteiger charge is -2.41. The van der Waals surface area contributed by atoms with E-state index in [4.69, 9.17) is 9.16 Å². The normalized spacial score (nSPS) is 17.6. The molecule has 0 aromatic heterocycles. The first-order chi connectivity index (χ1) is 12.0. The number of unbranched alkanes of at least 4 members (excludes halogenated alkanes) is 2. The molecule has 3 nitrogen and oxygen atoms in total. The lowest BCUT2D eigenvalue weighted by Crippen LogP contribution is -2.45. The zero-order valence-corrected chi connectivity index (χ0v) is 19.8. The molecule has 4 heteroatoms. The Bertz CT molecular complexity index is 376. The molecular weight excluding hydrogens is 340 g/mol. The van der Waals surface area contributed by atoms with Gasteiger partial charge in [-0.25, -0.2) is 0 Å². The number of rotatable bonds is 14. The largest absolute Gasteiger partial charge is 0.414 e. The Morgan fingerprint density at radius 1 is 1.15 bits per heavy atom. The van der Waals surface area contributed by atoms with Crippen LogP contribution in [-0.4, -0.2) is 38.8 Å². The molecule has 0 saturated heterocycles. The van der Waals surface area contributed by atoms with Crippen LogP contribution in [0.2, 0.25) is 18.1 Å². The second kappa shape index (κ2) is 12.3. The molecule has 0 saturated carbocycles. The Morgan fingerprint density at radius 3 is 2.23 bits per heavy atom. The monoisotopic (exact) mass is 386 g/mol. The van der Waals surface area contributed by atoms with Gasteiger partial charge in [0.1, 0.15) is 0 Å². The van der Waals surface area contributed by atoms with E-state index in [2.05, 4.69) is 54.3 Å². The maximum Gasteiger partial charge on any atom is 0.192 e. The van der Waals surface area contributed by atoms with Crippen molar-refractivity contribution in [3.05, 3.63) is 12.7 Å². The maximum absolute atomic E-state index is 10.3. The molecule has 0 aliphatic carbocycles. The van der Waals surface area contributed by atoms with Crippen LogP contribution in [-0.2, 0) is 9.16 Å². The van der Waals surface area contributed by atoms with E-state index in [9.17, 15) is 5.11 Å². The summed E-state index contributed by atoms with van der Waals surface area (Å²) in [6, 6.07) is 0. The molecule has 0 aliphatic rings. The number of aliphatic hydroxyl groups excluding tert-OH is 1. The topological polar surface area (TPSA) is 38.7 Å². The standard InChI is InChI=1S/C22H46O3Si/c1-10-12-13-15-18(3)21(24-7)17-20(16-19(23)14-11-2)25-26(8,9)22(4,5)6/h11,18-21,23H,2,10,12-17H2,1,3-9H3/t18-,19+,20-,21+/m1/s1. The Kier molecular flexibility index (Phi) is 12.2. The van der Waals surface area contributed by atoms with Crippen LogP contribution < -0.4 is 0 Å². The van der Waals surface area contributed by atoms with Gasteiger partial charge < -0.3 is 14.3 Å². The molecule has 0 rings (SSSR count). The SMILES string of the molecule is C=CC[C@H](O)C[C@H](C[C@H](OC)[C@H](C)CCCCC)O[Si](C)(C)C(C)(C)C. The summed E-state index contributed by atoms with van der Waals surface area (Å²) in [7, 11) is -0.0857. The minimum absolute atomic E-state index is 0.0319. The van der Waals surface area contributed by atoms with Gasteiger partial charge in [-0.15, -0.1) is 6.58 Å². The molecule has 0 bridgehead atoms. The van der Waals surface area contributed by atoms with Crippen LogP contribution >= 0.6 is 0 Å². The Morgan fingerprint density at radius 2 is 1.77 bits per heavy atom. The second-order valence-electron chi connectivity index (χ2n) is 9.40. The van der Waals surface area contributed by atoms with E-state index < -0.39 is 14.4 Å². The zero-order chi connectivity index (χ0) is 20.4. The minimum Gasteiger partial charge on any atom is -0.414 e. The Labute approximate surface area is 164 Å². The van der Waals surface area contributed by atoms with Gasteiger partial charge >= 0.3 is 0 Å². The summed E-state index contributed by atoms with van der Waals surface area (Å²) in [6.45, 7) is 19.6. The third-order valence-corrected chi connectivity index (χ3v) is 10.5. The number of methoxy groups -OCH3 is 1. The fourth-order valence-electron chi connectivity index (χ4n) is 3.10. The van der Waals surface area contributed by atoms with Crippen LogP contribution in [0.1, 0.15) is 79.6 Å². The van der Waals surface area contributed by atoms with Crippen molar-refractivity contribution in [1.82, 2.24) is 0 Å². The van der Waals surface area contributed by atoms with Gasteiger partial charge in [-0.05, 0) is 49.7 Å². The molecule has 0 unspecified atom stereocenters. The lowest BCUT2D eigenvalue weighted by atomic mass is 9.92. The van der Waals surface area contributed by atoms with Crippen molar-refractivity contribution in [2.24, 2.45) is 5.92 Å². The van der Waals surface area contributed by atoms with E-state index in [1.165, 1.54) is 25.7 Å². The highest BCUT2D eigenvalue weighted by molar-refractivity contribution is 6.74.